The SMILES string of the molecule is Cc1ccc(C2=NN(C(=O)CN3CCN(C(=O)c4cc5ccccc5o4)CC3)C(c3ccco3)C2)cc1. The Labute approximate surface area is 214 Å². The van der Waals surface area contributed by atoms with Gasteiger partial charge in [-0.1, -0.05) is 48.0 Å². The molecule has 0 N–H and O–H groups in total. The fraction of sp³-hybridized carbons (Fsp3) is 0.276. The lowest BCUT2D eigenvalue weighted by atomic mass is 10.0. The number of rotatable bonds is 5. The van der Waals surface area contributed by atoms with Crippen molar-refractivity contribution in [3.8, 4) is 0 Å². The summed E-state index contributed by atoms with van der Waals surface area (Å²) in [6.45, 7) is 4.54. The van der Waals surface area contributed by atoms with Crippen LogP contribution in [0.5, 0.6) is 0 Å². The number of para-hydroxylation sites is 1. The van der Waals surface area contributed by atoms with Crippen molar-refractivity contribution >= 4 is 28.5 Å². The van der Waals surface area contributed by atoms with Crippen LogP contribution in [-0.2, 0) is 4.79 Å². The first-order valence-electron chi connectivity index (χ1n) is 12.6. The maximum atomic E-state index is 13.4. The Hall–Kier alpha value is -4.17. The van der Waals surface area contributed by atoms with Crippen LogP contribution >= 0.6 is 0 Å². The third-order valence-electron chi connectivity index (χ3n) is 7.08. The second kappa shape index (κ2) is 9.71. The zero-order valence-corrected chi connectivity index (χ0v) is 20.7. The molecule has 188 valence electrons. The minimum Gasteiger partial charge on any atom is -0.467 e. The van der Waals surface area contributed by atoms with Gasteiger partial charge < -0.3 is 13.7 Å². The first-order valence-corrected chi connectivity index (χ1v) is 12.6. The highest BCUT2D eigenvalue weighted by atomic mass is 16.3. The summed E-state index contributed by atoms with van der Waals surface area (Å²) in [6.07, 6.45) is 2.22. The van der Waals surface area contributed by atoms with E-state index in [0.717, 1.165) is 22.4 Å². The summed E-state index contributed by atoms with van der Waals surface area (Å²) in [7, 11) is 0. The van der Waals surface area contributed by atoms with E-state index in [1.807, 2.05) is 55.5 Å². The van der Waals surface area contributed by atoms with Crippen molar-refractivity contribution in [1.82, 2.24) is 14.8 Å². The van der Waals surface area contributed by atoms with Crippen LogP contribution in [0.25, 0.3) is 11.0 Å². The highest BCUT2D eigenvalue weighted by Crippen LogP contribution is 2.33. The predicted molar refractivity (Wildman–Crippen MR) is 139 cm³/mol. The standard InChI is InChI=1S/C29H28N4O4/c1-20-8-10-21(11-9-20)23-18-24(26-7-4-16-36-26)33(30-23)28(34)19-31-12-14-32(15-13-31)29(35)27-17-22-5-2-3-6-25(22)37-27/h2-11,16-17,24H,12-15,18-19H2,1H3. The van der Waals surface area contributed by atoms with Crippen molar-refractivity contribution in [2.75, 3.05) is 32.7 Å². The van der Waals surface area contributed by atoms with Gasteiger partial charge in [0.2, 0.25) is 0 Å². The number of carbonyl (C=O) groups is 2. The van der Waals surface area contributed by atoms with Crippen molar-refractivity contribution in [3.05, 3.63) is 95.6 Å². The van der Waals surface area contributed by atoms with Crippen LogP contribution < -0.4 is 0 Å². The molecule has 0 saturated carbocycles. The molecule has 0 aliphatic carbocycles. The van der Waals surface area contributed by atoms with E-state index in [9.17, 15) is 9.59 Å². The molecule has 0 bridgehead atoms. The Balaban J connectivity index is 1.11. The van der Waals surface area contributed by atoms with Crippen LogP contribution in [0.3, 0.4) is 0 Å². The molecular formula is C29H28N4O4. The monoisotopic (exact) mass is 496 g/mol. The van der Waals surface area contributed by atoms with E-state index < -0.39 is 0 Å². The Bertz CT molecular complexity index is 1410. The molecule has 1 saturated heterocycles. The molecule has 2 aliphatic heterocycles. The summed E-state index contributed by atoms with van der Waals surface area (Å²) < 4.78 is 11.4. The van der Waals surface area contributed by atoms with Gasteiger partial charge >= 0.3 is 0 Å². The molecule has 2 amide bonds. The molecule has 1 atom stereocenters. The first-order chi connectivity index (χ1) is 18.0. The molecule has 0 radical (unpaired) electrons. The lowest BCUT2D eigenvalue weighted by molar-refractivity contribution is -0.134. The normalized spacial score (nSPS) is 18.4. The third-order valence-corrected chi connectivity index (χ3v) is 7.08. The molecule has 4 aromatic rings. The zero-order chi connectivity index (χ0) is 25.4. The average Bonchev–Trinajstić information content (AvgIpc) is 3.68. The number of nitrogens with zero attached hydrogens (tertiary/aromatic N) is 4. The minimum absolute atomic E-state index is 0.0828. The van der Waals surface area contributed by atoms with Crippen LogP contribution in [0, 0.1) is 6.92 Å². The number of carbonyl (C=O) groups excluding carboxylic acids is 2. The molecule has 4 heterocycles. The van der Waals surface area contributed by atoms with E-state index in [-0.39, 0.29) is 24.4 Å². The Morgan fingerprint density at radius 3 is 2.49 bits per heavy atom. The highest BCUT2D eigenvalue weighted by molar-refractivity contribution is 6.03. The summed E-state index contributed by atoms with van der Waals surface area (Å²) in [5.74, 6) is 0.870. The number of benzene rings is 2. The van der Waals surface area contributed by atoms with Crippen LogP contribution in [0.15, 0.2) is 86.9 Å². The molecule has 8 heteroatoms. The van der Waals surface area contributed by atoms with Gasteiger partial charge in [-0.25, -0.2) is 5.01 Å². The van der Waals surface area contributed by atoms with Crippen molar-refractivity contribution < 1.29 is 18.4 Å². The summed E-state index contributed by atoms with van der Waals surface area (Å²) >= 11 is 0. The van der Waals surface area contributed by atoms with E-state index in [4.69, 9.17) is 13.9 Å². The van der Waals surface area contributed by atoms with Crippen LogP contribution in [0.2, 0.25) is 0 Å². The fourth-order valence-electron chi connectivity index (χ4n) is 4.98. The summed E-state index contributed by atoms with van der Waals surface area (Å²) in [5.41, 5.74) is 3.76. The van der Waals surface area contributed by atoms with Gasteiger partial charge in [0.05, 0.1) is 18.5 Å². The Kier molecular flexibility index (Phi) is 6.10. The fourth-order valence-corrected chi connectivity index (χ4v) is 4.98. The number of aryl methyl sites for hydroxylation is 1. The van der Waals surface area contributed by atoms with Gasteiger partial charge in [-0.3, -0.25) is 14.5 Å². The van der Waals surface area contributed by atoms with Crippen molar-refractivity contribution in [2.24, 2.45) is 5.10 Å². The molecule has 2 aromatic carbocycles. The Morgan fingerprint density at radius 2 is 1.76 bits per heavy atom. The lowest BCUT2D eigenvalue weighted by Crippen LogP contribution is -2.51. The van der Waals surface area contributed by atoms with Crippen LogP contribution in [-0.4, -0.2) is 65.1 Å². The molecule has 1 fully saturated rings. The molecule has 2 aromatic heterocycles. The second-order valence-corrected chi connectivity index (χ2v) is 9.60. The van der Waals surface area contributed by atoms with E-state index in [1.54, 1.807) is 22.2 Å². The number of hydrazone groups is 1. The molecule has 0 spiro atoms. The summed E-state index contributed by atoms with van der Waals surface area (Å²) in [4.78, 5) is 30.3. The maximum Gasteiger partial charge on any atom is 0.289 e. The molecule has 1 unspecified atom stereocenters. The average molecular weight is 497 g/mol. The molecular weight excluding hydrogens is 468 g/mol. The van der Waals surface area contributed by atoms with Gasteiger partial charge in [-0.2, -0.15) is 5.10 Å². The number of hydrogen-bond donors (Lipinski definition) is 0. The smallest absolute Gasteiger partial charge is 0.289 e. The second-order valence-electron chi connectivity index (χ2n) is 9.60. The van der Waals surface area contributed by atoms with E-state index in [1.165, 1.54) is 5.56 Å². The minimum atomic E-state index is -0.269. The maximum absolute atomic E-state index is 13.4. The number of hydrogen-bond acceptors (Lipinski definition) is 6. The van der Waals surface area contributed by atoms with E-state index in [0.29, 0.717) is 43.9 Å². The first kappa shape index (κ1) is 23.2. The highest BCUT2D eigenvalue weighted by Gasteiger charge is 2.36. The van der Waals surface area contributed by atoms with Gasteiger partial charge in [0.1, 0.15) is 17.4 Å². The van der Waals surface area contributed by atoms with Crippen molar-refractivity contribution in [1.29, 1.82) is 0 Å². The van der Waals surface area contributed by atoms with Gasteiger partial charge in [0, 0.05) is 38.0 Å². The van der Waals surface area contributed by atoms with Gasteiger partial charge in [-0.15, -0.1) is 0 Å². The van der Waals surface area contributed by atoms with Crippen LogP contribution in [0.4, 0.5) is 0 Å². The topological polar surface area (TPSA) is 82.5 Å². The zero-order valence-electron chi connectivity index (χ0n) is 20.7. The largest absolute Gasteiger partial charge is 0.467 e. The predicted octanol–water partition coefficient (Wildman–Crippen LogP) is 4.47. The van der Waals surface area contributed by atoms with Gasteiger partial charge in [0.25, 0.3) is 11.8 Å². The van der Waals surface area contributed by atoms with E-state index in [2.05, 4.69) is 17.0 Å². The number of amides is 2. The van der Waals surface area contributed by atoms with Crippen molar-refractivity contribution in [3.63, 3.8) is 0 Å². The molecule has 6 rings (SSSR count). The Morgan fingerprint density at radius 1 is 0.973 bits per heavy atom. The number of piperazine rings is 1. The number of fused-ring (bicyclic) bond motifs is 1. The molecule has 2 aliphatic rings. The summed E-state index contributed by atoms with van der Waals surface area (Å²) in [6, 6.07) is 21.0. The lowest BCUT2D eigenvalue weighted by Gasteiger charge is -2.34. The van der Waals surface area contributed by atoms with Crippen molar-refractivity contribution in [2.45, 2.75) is 19.4 Å². The quantitative estimate of drug-likeness (QED) is 0.407. The van der Waals surface area contributed by atoms with Gasteiger partial charge in [0.15, 0.2) is 5.76 Å². The summed E-state index contributed by atoms with van der Waals surface area (Å²) in [5, 5.41) is 7.21. The third kappa shape index (κ3) is 4.68. The van der Waals surface area contributed by atoms with E-state index >= 15 is 0 Å². The number of furan rings is 2. The molecule has 8 nitrogen and oxygen atoms in total. The molecule has 37 heavy (non-hydrogen) atoms. The van der Waals surface area contributed by atoms with Crippen LogP contribution in [0.1, 0.15) is 39.9 Å². The van der Waals surface area contributed by atoms with Gasteiger partial charge in [-0.05, 0) is 36.8 Å².